The van der Waals surface area contributed by atoms with Crippen molar-refractivity contribution in [3.05, 3.63) is 52.5 Å². The number of nitrogens with zero attached hydrogens (tertiary/aromatic N) is 1. The lowest BCUT2D eigenvalue weighted by Crippen LogP contribution is -2.45. The van der Waals surface area contributed by atoms with Crippen LogP contribution in [0.5, 0.6) is 5.75 Å². The maximum Gasteiger partial charge on any atom is 0.265 e. The van der Waals surface area contributed by atoms with Crippen molar-refractivity contribution in [2.45, 2.75) is 44.2 Å². The fraction of sp³-hybridized carbons (Fsp3) is 0.391. The Morgan fingerprint density at radius 1 is 1.30 bits per heavy atom. The van der Waals surface area contributed by atoms with Crippen molar-refractivity contribution in [2.75, 3.05) is 18.4 Å². The second kappa shape index (κ2) is 9.32. The molecule has 2 aromatic carbocycles. The van der Waals surface area contributed by atoms with Gasteiger partial charge in [0.15, 0.2) is 6.10 Å². The third-order valence-corrected chi connectivity index (χ3v) is 8.37. The zero-order valence-corrected chi connectivity index (χ0v) is 20.0. The number of piperidine rings is 1. The number of benzene rings is 2. The molecule has 10 heteroatoms. The summed E-state index contributed by atoms with van der Waals surface area (Å²) in [5, 5.41) is 6.18. The lowest BCUT2D eigenvalue weighted by atomic mass is 9.99. The molecule has 2 aliphatic rings. The van der Waals surface area contributed by atoms with Crippen LogP contribution in [0.1, 0.15) is 30.9 Å². The van der Waals surface area contributed by atoms with Gasteiger partial charge in [0.1, 0.15) is 5.75 Å². The number of amides is 2. The lowest BCUT2D eigenvalue weighted by Gasteiger charge is -2.32. The third kappa shape index (κ3) is 4.85. The number of sulfonamides is 1. The molecule has 4 rings (SSSR count). The predicted octanol–water partition coefficient (Wildman–Crippen LogP) is 3.08. The molecule has 0 aliphatic carbocycles. The summed E-state index contributed by atoms with van der Waals surface area (Å²) in [5.41, 5.74) is 1.75. The van der Waals surface area contributed by atoms with Crippen molar-refractivity contribution in [3.63, 3.8) is 0 Å². The number of nitrogens with one attached hydrogen (secondary N) is 2. The monoisotopic (exact) mass is 491 g/mol. The second-order valence-electron chi connectivity index (χ2n) is 8.37. The van der Waals surface area contributed by atoms with Gasteiger partial charge in [0.2, 0.25) is 15.9 Å². The van der Waals surface area contributed by atoms with Crippen LogP contribution in [0.25, 0.3) is 0 Å². The Morgan fingerprint density at radius 3 is 2.82 bits per heavy atom. The van der Waals surface area contributed by atoms with E-state index in [1.807, 2.05) is 18.2 Å². The maximum absolute atomic E-state index is 13.5. The summed E-state index contributed by atoms with van der Waals surface area (Å²) in [6.07, 6.45) is 0.477. The molecule has 2 atom stereocenters. The normalized spacial score (nSPS) is 21.0. The van der Waals surface area contributed by atoms with E-state index in [1.165, 1.54) is 10.4 Å². The van der Waals surface area contributed by atoms with E-state index >= 15 is 0 Å². The van der Waals surface area contributed by atoms with E-state index in [2.05, 4.69) is 10.6 Å². The molecule has 33 heavy (non-hydrogen) atoms. The number of ether oxygens (including phenoxy) is 1. The average molecular weight is 492 g/mol. The van der Waals surface area contributed by atoms with Crippen LogP contribution >= 0.6 is 11.6 Å². The molecular weight excluding hydrogens is 466 g/mol. The summed E-state index contributed by atoms with van der Waals surface area (Å²) in [6.45, 7) is 3.99. The van der Waals surface area contributed by atoms with Crippen molar-refractivity contribution in [3.8, 4) is 5.75 Å². The van der Waals surface area contributed by atoms with Gasteiger partial charge in [0.05, 0.1) is 16.5 Å². The Kier molecular flexibility index (Phi) is 6.65. The molecule has 176 valence electrons. The van der Waals surface area contributed by atoms with Crippen LogP contribution in [0.2, 0.25) is 5.02 Å². The molecule has 0 unspecified atom stereocenters. The van der Waals surface area contributed by atoms with E-state index in [0.29, 0.717) is 41.4 Å². The molecule has 0 radical (unpaired) electrons. The van der Waals surface area contributed by atoms with Gasteiger partial charge in [0.25, 0.3) is 5.91 Å². The maximum atomic E-state index is 13.5. The Morgan fingerprint density at radius 2 is 2.06 bits per heavy atom. The summed E-state index contributed by atoms with van der Waals surface area (Å²) >= 11 is 6.15. The van der Waals surface area contributed by atoms with Crippen molar-refractivity contribution < 1.29 is 22.7 Å². The molecule has 1 fully saturated rings. The Hall–Kier alpha value is -2.62. The lowest BCUT2D eigenvalue weighted by molar-refractivity contribution is -0.126. The first-order valence-corrected chi connectivity index (χ1v) is 12.6. The molecule has 2 aliphatic heterocycles. The van der Waals surface area contributed by atoms with Gasteiger partial charge in [-0.05, 0) is 49.9 Å². The van der Waals surface area contributed by atoms with Gasteiger partial charge in [-0.3, -0.25) is 9.59 Å². The largest absolute Gasteiger partial charge is 0.479 e. The standard InChI is InChI=1S/C23H26ClN3O5S/c1-14-10-19-20(32-15(2)22(28)26-19)11-21(14)33(30,31)27-9-5-7-17(13-27)23(29)25-12-16-6-3-4-8-18(16)24/h3-4,6,8,10-11,15,17H,5,7,9,12-13H2,1-2H3,(H,25,29)(H,26,28)/t15-,17+/m1/s1. The van der Waals surface area contributed by atoms with Crippen LogP contribution in [0.15, 0.2) is 41.3 Å². The number of carbonyl (C=O) groups is 2. The summed E-state index contributed by atoms with van der Waals surface area (Å²) < 4.78 is 33.9. The van der Waals surface area contributed by atoms with Gasteiger partial charge in [0, 0.05) is 30.7 Å². The topological polar surface area (TPSA) is 105 Å². The molecule has 0 saturated carbocycles. The summed E-state index contributed by atoms with van der Waals surface area (Å²) in [4.78, 5) is 24.7. The minimum atomic E-state index is -3.86. The number of fused-ring (bicyclic) bond motifs is 1. The highest BCUT2D eigenvalue weighted by Gasteiger charge is 2.35. The molecule has 2 amide bonds. The zero-order valence-electron chi connectivity index (χ0n) is 18.4. The molecule has 0 bridgehead atoms. The number of hydrogen-bond donors (Lipinski definition) is 2. The third-order valence-electron chi connectivity index (χ3n) is 5.99. The highest BCUT2D eigenvalue weighted by Crippen LogP contribution is 2.36. The van der Waals surface area contributed by atoms with Gasteiger partial charge < -0.3 is 15.4 Å². The highest BCUT2D eigenvalue weighted by molar-refractivity contribution is 7.89. The fourth-order valence-corrected chi connectivity index (χ4v) is 6.05. The SMILES string of the molecule is Cc1cc2c(cc1S(=O)(=O)N1CCC[C@H](C(=O)NCc3ccccc3Cl)C1)O[C@H](C)C(=O)N2. The van der Waals surface area contributed by atoms with Crippen LogP contribution in [0.4, 0.5) is 5.69 Å². The van der Waals surface area contributed by atoms with E-state index < -0.39 is 22.0 Å². The first-order valence-electron chi connectivity index (χ1n) is 10.8. The number of carbonyl (C=O) groups excluding carboxylic acids is 2. The van der Waals surface area contributed by atoms with Gasteiger partial charge in [-0.25, -0.2) is 8.42 Å². The molecule has 2 aromatic rings. The van der Waals surface area contributed by atoms with E-state index in [1.54, 1.807) is 26.0 Å². The smallest absolute Gasteiger partial charge is 0.265 e. The van der Waals surface area contributed by atoms with E-state index in [-0.39, 0.29) is 29.8 Å². The quantitative estimate of drug-likeness (QED) is 0.668. The van der Waals surface area contributed by atoms with E-state index in [4.69, 9.17) is 16.3 Å². The Bertz CT molecular complexity index is 1200. The molecular formula is C23H26ClN3O5S. The number of aryl methyl sites for hydroxylation is 1. The minimum Gasteiger partial charge on any atom is -0.479 e. The first kappa shape index (κ1) is 23.5. The molecule has 2 heterocycles. The molecule has 2 N–H and O–H groups in total. The predicted molar refractivity (Wildman–Crippen MR) is 125 cm³/mol. The molecule has 0 spiro atoms. The number of hydrogen-bond acceptors (Lipinski definition) is 5. The van der Waals surface area contributed by atoms with Gasteiger partial charge >= 0.3 is 0 Å². The molecule has 8 nitrogen and oxygen atoms in total. The van der Waals surface area contributed by atoms with Gasteiger partial charge in [-0.2, -0.15) is 4.31 Å². The van der Waals surface area contributed by atoms with Crippen molar-refractivity contribution >= 4 is 39.1 Å². The number of rotatable bonds is 5. The van der Waals surface area contributed by atoms with Gasteiger partial charge in [-0.1, -0.05) is 29.8 Å². The van der Waals surface area contributed by atoms with Crippen molar-refractivity contribution in [2.24, 2.45) is 5.92 Å². The summed E-state index contributed by atoms with van der Waals surface area (Å²) in [6, 6.07) is 10.3. The van der Waals surface area contributed by atoms with Crippen LogP contribution in [-0.4, -0.2) is 43.7 Å². The van der Waals surface area contributed by atoms with Crippen LogP contribution in [0.3, 0.4) is 0 Å². The van der Waals surface area contributed by atoms with Crippen molar-refractivity contribution in [1.29, 1.82) is 0 Å². The summed E-state index contributed by atoms with van der Waals surface area (Å²) in [7, 11) is -3.86. The molecule has 1 saturated heterocycles. The van der Waals surface area contributed by atoms with E-state index in [0.717, 1.165) is 5.56 Å². The second-order valence-corrected chi connectivity index (χ2v) is 10.7. The van der Waals surface area contributed by atoms with Gasteiger partial charge in [-0.15, -0.1) is 0 Å². The summed E-state index contributed by atoms with van der Waals surface area (Å²) in [5.74, 6) is -0.613. The van der Waals surface area contributed by atoms with Crippen molar-refractivity contribution in [1.82, 2.24) is 9.62 Å². The fourth-order valence-electron chi connectivity index (χ4n) is 4.10. The van der Waals surface area contributed by atoms with E-state index in [9.17, 15) is 18.0 Å². The zero-order chi connectivity index (χ0) is 23.8. The highest BCUT2D eigenvalue weighted by atomic mass is 35.5. The van der Waals surface area contributed by atoms with Crippen LogP contribution in [0, 0.1) is 12.8 Å². The number of halogens is 1. The average Bonchev–Trinajstić information content (AvgIpc) is 2.79. The molecule has 0 aromatic heterocycles. The Labute approximate surface area is 198 Å². The first-order chi connectivity index (χ1) is 15.7. The number of anilines is 1. The van der Waals surface area contributed by atoms with Crippen LogP contribution in [-0.2, 0) is 26.2 Å². The minimum absolute atomic E-state index is 0.0984. The Balaban J connectivity index is 1.49. The van der Waals surface area contributed by atoms with Crippen LogP contribution < -0.4 is 15.4 Å².